The zero-order chi connectivity index (χ0) is 24.4. The molecule has 0 fully saturated rings. The van der Waals surface area contributed by atoms with Crippen molar-refractivity contribution in [1.82, 2.24) is 9.13 Å². The molecule has 0 radical (unpaired) electrons. The normalized spacial score (nSPS) is 12.3. The number of nitrogens with zero attached hydrogens (tertiary/aromatic N) is 2. The monoisotopic (exact) mass is 464 g/mol. The summed E-state index contributed by atoms with van der Waals surface area (Å²) in [6.45, 7) is 6.79. The van der Waals surface area contributed by atoms with Gasteiger partial charge in [0, 0.05) is 32.9 Å². The molecule has 0 spiro atoms. The third-order valence-corrected chi connectivity index (χ3v) is 7.49. The Kier molecular flexibility index (Phi) is 4.44. The molecule has 0 bridgehead atoms. The standard InChI is InChI=1S/C34H28N2/c1-34(2,3)23-16-18-24(19-17-23)35-30-13-7-6-12-28(30)29-21-20-25(22-33(29)35)36-31-14-8-4-10-26(31)27-11-5-9-15-32(27)36/h4-22H,1-3H3. The molecule has 0 N–H and O–H groups in total. The molecule has 0 saturated carbocycles. The lowest BCUT2D eigenvalue weighted by Gasteiger charge is -2.19. The smallest absolute Gasteiger partial charge is 0.0561 e. The molecule has 0 aliphatic carbocycles. The summed E-state index contributed by atoms with van der Waals surface area (Å²) in [5, 5.41) is 5.12. The van der Waals surface area contributed by atoms with Crippen LogP contribution < -0.4 is 0 Å². The highest BCUT2D eigenvalue weighted by Crippen LogP contribution is 2.37. The average molecular weight is 465 g/mol. The van der Waals surface area contributed by atoms with Crippen LogP contribution in [0.25, 0.3) is 55.0 Å². The summed E-state index contributed by atoms with van der Waals surface area (Å²) in [6, 6.07) is 42.1. The van der Waals surface area contributed by atoms with Gasteiger partial charge in [0.25, 0.3) is 0 Å². The Morgan fingerprint density at radius 2 is 0.833 bits per heavy atom. The van der Waals surface area contributed by atoms with Crippen molar-refractivity contribution in [3.8, 4) is 11.4 Å². The number of hydrogen-bond donors (Lipinski definition) is 0. The zero-order valence-electron chi connectivity index (χ0n) is 20.9. The Labute approximate surface area is 211 Å². The molecule has 0 aliphatic heterocycles. The molecule has 2 nitrogen and oxygen atoms in total. The number of benzene rings is 5. The largest absolute Gasteiger partial charge is 0.309 e. The van der Waals surface area contributed by atoms with Crippen molar-refractivity contribution in [2.75, 3.05) is 0 Å². The molecule has 7 rings (SSSR count). The van der Waals surface area contributed by atoms with Gasteiger partial charge in [-0.15, -0.1) is 0 Å². The van der Waals surface area contributed by atoms with Gasteiger partial charge < -0.3 is 9.13 Å². The van der Waals surface area contributed by atoms with Crippen molar-refractivity contribution in [2.45, 2.75) is 26.2 Å². The van der Waals surface area contributed by atoms with E-state index in [2.05, 4.69) is 145 Å². The molecule has 0 amide bonds. The fraction of sp³-hybridized carbons (Fsp3) is 0.118. The van der Waals surface area contributed by atoms with E-state index in [1.807, 2.05) is 0 Å². The Hall–Kier alpha value is -4.30. The Balaban J connectivity index is 1.54. The van der Waals surface area contributed by atoms with Gasteiger partial charge in [-0.3, -0.25) is 0 Å². The van der Waals surface area contributed by atoms with Gasteiger partial charge in [0.1, 0.15) is 0 Å². The van der Waals surface area contributed by atoms with Gasteiger partial charge >= 0.3 is 0 Å². The van der Waals surface area contributed by atoms with Crippen LogP contribution in [0.15, 0.2) is 115 Å². The topological polar surface area (TPSA) is 9.86 Å². The Morgan fingerprint density at radius 3 is 1.33 bits per heavy atom. The van der Waals surface area contributed by atoms with Gasteiger partial charge in [-0.25, -0.2) is 0 Å². The highest BCUT2D eigenvalue weighted by molar-refractivity contribution is 6.11. The van der Waals surface area contributed by atoms with Crippen LogP contribution in [0.1, 0.15) is 26.3 Å². The zero-order valence-corrected chi connectivity index (χ0v) is 20.9. The van der Waals surface area contributed by atoms with Gasteiger partial charge in [-0.05, 0) is 53.4 Å². The van der Waals surface area contributed by atoms with Crippen LogP contribution in [0.2, 0.25) is 0 Å². The summed E-state index contributed by atoms with van der Waals surface area (Å²) in [4.78, 5) is 0. The summed E-state index contributed by atoms with van der Waals surface area (Å²) in [7, 11) is 0. The molecule has 36 heavy (non-hydrogen) atoms. The molecule has 2 aromatic heterocycles. The lowest BCUT2D eigenvalue weighted by Crippen LogP contribution is -2.10. The quantitative estimate of drug-likeness (QED) is 0.241. The van der Waals surface area contributed by atoms with Crippen molar-refractivity contribution in [2.24, 2.45) is 0 Å². The maximum Gasteiger partial charge on any atom is 0.0561 e. The molecule has 2 heterocycles. The van der Waals surface area contributed by atoms with E-state index in [9.17, 15) is 0 Å². The fourth-order valence-corrected chi connectivity index (χ4v) is 5.69. The summed E-state index contributed by atoms with van der Waals surface area (Å²) in [5.41, 5.74) is 8.75. The summed E-state index contributed by atoms with van der Waals surface area (Å²) in [6.07, 6.45) is 0. The SMILES string of the molecule is CC(C)(C)c1ccc(-n2c3ccccc3c3ccc(-n4c5ccccc5c5ccccc54)cc32)cc1. The van der Waals surface area contributed by atoms with Gasteiger partial charge in [-0.1, -0.05) is 93.6 Å². The van der Waals surface area contributed by atoms with Crippen LogP contribution in [-0.4, -0.2) is 9.13 Å². The van der Waals surface area contributed by atoms with E-state index in [1.54, 1.807) is 0 Å². The van der Waals surface area contributed by atoms with E-state index in [4.69, 9.17) is 0 Å². The molecule has 0 saturated heterocycles. The number of hydrogen-bond acceptors (Lipinski definition) is 0. The van der Waals surface area contributed by atoms with Crippen molar-refractivity contribution >= 4 is 43.6 Å². The maximum atomic E-state index is 2.41. The Morgan fingerprint density at radius 1 is 0.417 bits per heavy atom. The molecule has 174 valence electrons. The molecule has 7 aromatic rings. The van der Waals surface area contributed by atoms with Gasteiger partial charge in [0.15, 0.2) is 0 Å². The van der Waals surface area contributed by atoms with Crippen molar-refractivity contribution in [3.63, 3.8) is 0 Å². The van der Waals surface area contributed by atoms with E-state index in [0.717, 1.165) is 0 Å². The first kappa shape index (κ1) is 21.0. The minimum atomic E-state index is 0.128. The first-order valence-corrected chi connectivity index (χ1v) is 12.6. The van der Waals surface area contributed by atoms with E-state index in [-0.39, 0.29) is 5.41 Å². The Bertz CT molecular complexity index is 1850. The van der Waals surface area contributed by atoms with Gasteiger partial charge in [-0.2, -0.15) is 0 Å². The van der Waals surface area contributed by atoms with Crippen molar-refractivity contribution in [1.29, 1.82) is 0 Å². The third kappa shape index (κ3) is 3.04. The second-order valence-corrected chi connectivity index (χ2v) is 10.7. The summed E-state index contributed by atoms with van der Waals surface area (Å²) in [5.74, 6) is 0. The molecule has 2 heteroatoms. The lowest BCUT2D eigenvalue weighted by atomic mass is 9.87. The van der Waals surface area contributed by atoms with Crippen molar-refractivity contribution < 1.29 is 0 Å². The van der Waals surface area contributed by atoms with E-state index in [0.29, 0.717) is 0 Å². The minimum absolute atomic E-state index is 0.128. The number of para-hydroxylation sites is 3. The third-order valence-electron chi connectivity index (χ3n) is 7.49. The van der Waals surface area contributed by atoms with E-state index >= 15 is 0 Å². The predicted molar refractivity (Wildman–Crippen MR) is 154 cm³/mol. The van der Waals surface area contributed by atoms with Crippen LogP contribution in [0.3, 0.4) is 0 Å². The second-order valence-electron chi connectivity index (χ2n) is 10.7. The first-order chi connectivity index (χ1) is 17.5. The second kappa shape index (κ2) is 7.60. The summed E-state index contributed by atoms with van der Waals surface area (Å²) >= 11 is 0. The van der Waals surface area contributed by atoms with Crippen LogP contribution in [0.4, 0.5) is 0 Å². The average Bonchev–Trinajstić information content (AvgIpc) is 3.41. The summed E-state index contributed by atoms with van der Waals surface area (Å²) < 4.78 is 4.81. The van der Waals surface area contributed by atoms with Crippen LogP contribution in [0.5, 0.6) is 0 Å². The predicted octanol–water partition coefficient (Wildman–Crippen LogP) is 9.18. The van der Waals surface area contributed by atoms with E-state index < -0.39 is 0 Å². The first-order valence-electron chi connectivity index (χ1n) is 12.6. The van der Waals surface area contributed by atoms with E-state index in [1.165, 1.54) is 60.5 Å². The molecule has 0 atom stereocenters. The molecular formula is C34H28N2. The molecule has 0 aliphatic rings. The number of aromatic nitrogens is 2. The van der Waals surface area contributed by atoms with Crippen LogP contribution in [0, 0.1) is 0 Å². The highest BCUT2D eigenvalue weighted by atomic mass is 15.0. The molecule has 0 unspecified atom stereocenters. The van der Waals surface area contributed by atoms with Crippen molar-refractivity contribution in [3.05, 3.63) is 121 Å². The van der Waals surface area contributed by atoms with Gasteiger partial charge in [0.2, 0.25) is 0 Å². The van der Waals surface area contributed by atoms with Crippen LogP contribution >= 0.6 is 0 Å². The maximum absolute atomic E-state index is 2.41. The lowest BCUT2D eigenvalue weighted by molar-refractivity contribution is 0.590. The highest BCUT2D eigenvalue weighted by Gasteiger charge is 2.17. The number of rotatable bonds is 2. The van der Waals surface area contributed by atoms with Crippen LogP contribution in [-0.2, 0) is 5.41 Å². The molecule has 5 aromatic carbocycles. The fourth-order valence-electron chi connectivity index (χ4n) is 5.69. The van der Waals surface area contributed by atoms with Gasteiger partial charge in [0.05, 0.1) is 22.1 Å². The molecular weight excluding hydrogens is 436 g/mol. The number of fused-ring (bicyclic) bond motifs is 6. The minimum Gasteiger partial charge on any atom is -0.309 e.